The highest BCUT2D eigenvalue weighted by Crippen LogP contribution is 2.28. The van der Waals surface area contributed by atoms with E-state index in [1.165, 1.54) is 12.1 Å². The fourth-order valence-electron chi connectivity index (χ4n) is 1.76. The number of aromatic carboxylic acids is 1. The third-order valence-electron chi connectivity index (χ3n) is 3.12. The molecule has 1 aromatic rings. The quantitative estimate of drug-likeness (QED) is 0.783. The van der Waals surface area contributed by atoms with Crippen molar-refractivity contribution >= 4 is 37.6 Å². The molecule has 0 aromatic heterocycles. The van der Waals surface area contributed by atoms with Gasteiger partial charge in [0.15, 0.2) is 9.84 Å². The zero-order valence-corrected chi connectivity index (χ0v) is 13.4. The Kier molecular flexibility index (Phi) is 4.67. The van der Waals surface area contributed by atoms with E-state index in [0.717, 1.165) is 18.9 Å². The average molecular weight is 376 g/mol. The maximum Gasteiger partial charge on any atom is 0.335 e. The van der Waals surface area contributed by atoms with Crippen LogP contribution in [0.3, 0.4) is 0 Å². The van der Waals surface area contributed by atoms with E-state index in [4.69, 9.17) is 5.11 Å². The summed E-state index contributed by atoms with van der Waals surface area (Å²) in [5, 5.41) is 11.5. The first-order chi connectivity index (χ1) is 9.79. The van der Waals surface area contributed by atoms with E-state index < -0.39 is 27.5 Å². The summed E-state index contributed by atoms with van der Waals surface area (Å²) in [5.74, 6) is -2.04. The molecule has 2 N–H and O–H groups in total. The Hall–Kier alpha value is -1.41. The van der Waals surface area contributed by atoms with Crippen LogP contribution in [0.15, 0.2) is 27.6 Å². The van der Waals surface area contributed by atoms with Crippen LogP contribution < -0.4 is 5.32 Å². The minimum absolute atomic E-state index is 0.143. The van der Waals surface area contributed by atoms with Crippen molar-refractivity contribution in [2.24, 2.45) is 5.92 Å². The molecule has 8 heteroatoms. The number of carboxylic acid groups (broad SMARTS) is 1. The van der Waals surface area contributed by atoms with E-state index in [2.05, 4.69) is 21.2 Å². The summed E-state index contributed by atoms with van der Waals surface area (Å²) in [6, 6.07) is 3.69. The number of halogens is 1. The van der Waals surface area contributed by atoms with E-state index in [-0.39, 0.29) is 14.9 Å². The van der Waals surface area contributed by atoms with Crippen LogP contribution >= 0.6 is 15.9 Å². The van der Waals surface area contributed by atoms with Crippen molar-refractivity contribution in [3.63, 3.8) is 0 Å². The molecule has 2 rings (SSSR count). The third-order valence-corrected chi connectivity index (χ3v) is 5.72. The number of hydrogen-bond acceptors (Lipinski definition) is 4. The fourth-order valence-corrected chi connectivity index (χ4v) is 4.02. The highest BCUT2D eigenvalue weighted by atomic mass is 79.9. The van der Waals surface area contributed by atoms with Crippen LogP contribution in [0, 0.1) is 5.92 Å². The predicted molar refractivity (Wildman–Crippen MR) is 78.9 cm³/mol. The number of carbonyl (C=O) groups is 2. The molecular weight excluding hydrogens is 362 g/mol. The second-order valence-electron chi connectivity index (χ2n) is 4.96. The van der Waals surface area contributed by atoms with Crippen LogP contribution in [0.4, 0.5) is 0 Å². The van der Waals surface area contributed by atoms with Gasteiger partial charge >= 0.3 is 5.97 Å². The van der Waals surface area contributed by atoms with Crippen molar-refractivity contribution in [2.75, 3.05) is 12.3 Å². The second-order valence-corrected chi connectivity index (χ2v) is 7.77. The SMILES string of the molecule is O=C(CS(=O)(=O)c1cc(C(=O)O)ccc1Br)NCC1CC1. The minimum Gasteiger partial charge on any atom is -0.478 e. The number of hydrogen-bond donors (Lipinski definition) is 2. The van der Waals surface area contributed by atoms with Crippen molar-refractivity contribution in [1.29, 1.82) is 0 Å². The lowest BCUT2D eigenvalue weighted by molar-refractivity contribution is -0.118. The molecule has 1 fully saturated rings. The molecule has 1 aliphatic rings. The summed E-state index contributed by atoms with van der Waals surface area (Å²) in [6.07, 6.45) is 2.11. The summed E-state index contributed by atoms with van der Waals surface area (Å²) in [4.78, 5) is 22.4. The molecule has 114 valence electrons. The van der Waals surface area contributed by atoms with Crippen molar-refractivity contribution < 1.29 is 23.1 Å². The van der Waals surface area contributed by atoms with Crippen LogP contribution in [0.2, 0.25) is 0 Å². The summed E-state index contributed by atoms with van der Waals surface area (Å²) in [7, 11) is -3.90. The molecule has 0 unspecified atom stereocenters. The number of benzene rings is 1. The number of rotatable bonds is 6. The van der Waals surface area contributed by atoms with Gasteiger partial charge in [0, 0.05) is 11.0 Å². The monoisotopic (exact) mass is 375 g/mol. The van der Waals surface area contributed by atoms with E-state index in [0.29, 0.717) is 12.5 Å². The van der Waals surface area contributed by atoms with Crippen molar-refractivity contribution in [2.45, 2.75) is 17.7 Å². The van der Waals surface area contributed by atoms with Gasteiger partial charge in [-0.1, -0.05) is 0 Å². The van der Waals surface area contributed by atoms with Crippen molar-refractivity contribution in [3.05, 3.63) is 28.2 Å². The Bertz CT molecular complexity index is 682. The molecule has 0 atom stereocenters. The van der Waals surface area contributed by atoms with Crippen LogP contribution in [-0.4, -0.2) is 37.7 Å². The molecule has 1 aliphatic carbocycles. The maximum absolute atomic E-state index is 12.2. The molecule has 21 heavy (non-hydrogen) atoms. The van der Waals surface area contributed by atoms with Gasteiger partial charge in [-0.05, 0) is 52.9 Å². The van der Waals surface area contributed by atoms with Crippen LogP contribution in [-0.2, 0) is 14.6 Å². The van der Waals surface area contributed by atoms with E-state index >= 15 is 0 Å². The predicted octanol–water partition coefficient (Wildman–Crippen LogP) is 1.45. The zero-order valence-electron chi connectivity index (χ0n) is 11.0. The molecule has 0 saturated heterocycles. The molecule has 6 nitrogen and oxygen atoms in total. The Labute approximate surface area is 130 Å². The van der Waals surface area contributed by atoms with Gasteiger partial charge in [-0.2, -0.15) is 0 Å². The van der Waals surface area contributed by atoms with Crippen LogP contribution in [0.25, 0.3) is 0 Å². The number of carbonyl (C=O) groups excluding carboxylic acids is 1. The van der Waals surface area contributed by atoms with Crippen molar-refractivity contribution in [3.8, 4) is 0 Å². The molecule has 1 saturated carbocycles. The number of carboxylic acids is 1. The summed E-state index contributed by atoms with van der Waals surface area (Å²) >= 11 is 3.07. The molecule has 1 amide bonds. The Morgan fingerprint density at radius 3 is 2.57 bits per heavy atom. The fraction of sp³-hybridized carbons (Fsp3) is 0.385. The second kappa shape index (κ2) is 6.15. The number of amides is 1. The Morgan fingerprint density at radius 1 is 1.33 bits per heavy atom. The Balaban J connectivity index is 2.15. The first kappa shape index (κ1) is 16.0. The lowest BCUT2D eigenvalue weighted by Crippen LogP contribution is -2.31. The van der Waals surface area contributed by atoms with Gasteiger partial charge in [0.25, 0.3) is 0 Å². The minimum atomic E-state index is -3.90. The molecule has 0 bridgehead atoms. The first-order valence-electron chi connectivity index (χ1n) is 6.32. The molecular formula is C13H14BrNO5S. The van der Waals surface area contributed by atoms with Gasteiger partial charge in [-0.15, -0.1) is 0 Å². The van der Waals surface area contributed by atoms with E-state index in [1.54, 1.807) is 0 Å². The molecule has 0 spiro atoms. The largest absolute Gasteiger partial charge is 0.478 e. The van der Waals surface area contributed by atoms with Gasteiger partial charge in [-0.3, -0.25) is 4.79 Å². The topological polar surface area (TPSA) is 101 Å². The highest BCUT2D eigenvalue weighted by Gasteiger charge is 2.25. The lowest BCUT2D eigenvalue weighted by atomic mass is 10.2. The highest BCUT2D eigenvalue weighted by molar-refractivity contribution is 9.10. The first-order valence-corrected chi connectivity index (χ1v) is 8.76. The zero-order chi connectivity index (χ0) is 15.6. The number of sulfone groups is 1. The van der Waals surface area contributed by atoms with Gasteiger partial charge in [0.1, 0.15) is 5.75 Å². The number of nitrogens with one attached hydrogen (secondary N) is 1. The maximum atomic E-state index is 12.2. The Morgan fingerprint density at radius 2 is 2.00 bits per heavy atom. The summed E-state index contributed by atoms with van der Waals surface area (Å²) < 4.78 is 24.7. The van der Waals surface area contributed by atoms with Crippen molar-refractivity contribution in [1.82, 2.24) is 5.32 Å². The van der Waals surface area contributed by atoms with Gasteiger partial charge in [0.2, 0.25) is 5.91 Å². The molecule has 1 aromatic carbocycles. The normalized spacial score (nSPS) is 14.7. The van der Waals surface area contributed by atoms with Gasteiger partial charge in [-0.25, -0.2) is 13.2 Å². The van der Waals surface area contributed by atoms with Crippen LogP contribution in [0.1, 0.15) is 23.2 Å². The lowest BCUT2D eigenvalue weighted by Gasteiger charge is -2.08. The average Bonchev–Trinajstić information content (AvgIpc) is 3.19. The summed E-state index contributed by atoms with van der Waals surface area (Å²) in [5.41, 5.74) is -0.143. The van der Waals surface area contributed by atoms with Crippen LogP contribution in [0.5, 0.6) is 0 Å². The molecule has 0 heterocycles. The third kappa shape index (κ3) is 4.28. The molecule has 0 radical (unpaired) electrons. The van der Waals surface area contributed by atoms with Gasteiger partial charge < -0.3 is 10.4 Å². The van der Waals surface area contributed by atoms with E-state index in [1.807, 2.05) is 0 Å². The molecule has 0 aliphatic heterocycles. The smallest absolute Gasteiger partial charge is 0.335 e. The van der Waals surface area contributed by atoms with E-state index in [9.17, 15) is 18.0 Å². The van der Waals surface area contributed by atoms with Gasteiger partial charge in [0.05, 0.1) is 10.5 Å². The summed E-state index contributed by atoms with van der Waals surface area (Å²) in [6.45, 7) is 0.491. The standard InChI is InChI=1S/C13H14BrNO5S/c14-10-4-3-9(13(17)18)5-11(10)21(19,20)7-12(16)15-6-8-1-2-8/h3-5,8H,1-2,6-7H2,(H,15,16)(H,17,18).